The van der Waals surface area contributed by atoms with Crippen LogP contribution in [0.2, 0.25) is 28.0 Å². The van der Waals surface area contributed by atoms with Gasteiger partial charge in [-0.15, -0.1) is 0 Å². The molecule has 0 bridgehead atoms. The first-order chi connectivity index (χ1) is 12.3. The minimum absolute atomic E-state index is 0.570. The van der Waals surface area contributed by atoms with Crippen molar-refractivity contribution in [3.8, 4) is 0 Å². The van der Waals surface area contributed by atoms with Gasteiger partial charge in [0.25, 0.3) is 0 Å². The van der Waals surface area contributed by atoms with Crippen molar-refractivity contribution in [2.75, 3.05) is 13.2 Å². The van der Waals surface area contributed by atoms with Gasteiger partial charge in [-0.3, -0.25) is 0 Å². The normalized spacial score (nSPS) is 17.2. The van der Waals surface area contributed by atoms with Gasteiger partial charge in [0.15, 0.2) is 0 Å². The molecule has 0 saturated carbocycles. The molecule has 0 aromatic heterocycles. The third-order valence-electron chi connectivity index (χ3n) is 5.23. The fourth-order valence-corrected chi connectivity index (χ4v) is 11.1. The van der Waals surface area contributed by atoms with Gasteiger partial charge < -0.3 is 0 Å². The zero-order chi connectivity index (χ0) is 19.6. The molecule has 0 amide bonds. The summed E-state index contributed by atoms with van der Waals surface area (Å²) in [7, 11) is -2.15. The van der Waals surface area contributed by atoms with Crippen LogP contribution >= 0.6 is 0 Å². The summed E-state index contributed by atoms with van der Waals surface area (Å²) in [4.78, 5) is 0. The van der Waals surface area contributed by atoms with Crippen LogP contribution in [0.1, 0.15) is 72.1 Å². The van der Waals surface area contributed by atoms with Crippen molar-refractivity contribution in [3.63, 3.8) is 0 Å². The van der Waals surface area contributed by atoms with Crippen molar-refractivity contribution < 1.29 is 24.9 Å². The van der Waals surface area contributed by atoms with Gasteiger partial charge in [-0.25, -0.2) is 0 Å². The van der Waals surface area contributed by atoms with Gasteiger partial charge in [0, 0.05) is 0 Å². The SMILES string of the molecule is CCCCCCCC(CC1=[C]([Pt]([CH3])([CH3])[CH3])CC=C1)[Si](C)(OCC)OCC. The van der Waals surface area contributed by atoms with E-state index in [4.69, 9.17) is 8.85 Å². The first-order valence-electron chi connectivity index (χ1n) is 10.3. The molecule has 1 rings (SSSR count). The second kappa shape index (κ2) is 12.0. The molecule has 0 N–H and O–H groups in total. The van der Waals surface area contributed by atoms with Gasteiger partial charge in [0.2, 0.25) is 0 Å². The van der Waals surface area contributed by atoms with Gasteiger partial charge in [-0.05, 0) is 0 Å². The van der Waals surface area contributed by atoms with Crippen LogP contribution in [-0.4, -0.2) is 21.8 Å². The molecular weight excluding hydrogens is 519 g/mol. The van der Waals surface area contributed by atoms with Crippen LogP contribution in [0.4, 0.5) is 0 Å². The molecule has 0 radical (unpaired) electrons. The molecule has 1 aliphatic carbocycles. The predicted molar refractivity (Wildman–Crippen MR) is 115 cm³/mol. The molecule has 26 heavy (non-hydrogen) atoms. The quantitative estimate of drug-likeness (QED) is 0.159. The molecule has 4 heteroatoms. The van der Waals surface area contributed by atoms with Crippen molar-refractivity contribution in [2.45, 2.75) is 100 Å². The van der Waals surface area contributed by atoms with Gasteiger partial charge in [0.05, 0.1) is 0 Å². The number of unbranched alkanes of at least 4 members (excludes halogenated alkanes) is 4. The summed E-state index contributed by atoms with van der Waals surface area (Å²) in [5, 5.41) is 7.57. The van der Waals surface area contributed by atoms with Crippen LogP contribution in [0.15, 0.2) is 21.7 Å². The Hall–Kier alpha value is 0.305. The van der Waals surface area contributed by atoms with Crippen LogP contribution < -0.4 is 0 Å². The Morgan fingerprint density at radius 1 is 1.00 bits per heavy atom. The monoisotopic (exact) mass is 563 g/mol. The molecule has 1 atom stereocenters. The van der Waals surface area contributed by atoms with E-state index in [-0.39, 0.29) is 0 Å². The Balaban J connectivity index is 2.93. The van der Waals surface area contributed by atoms with Gasteiger partial charge >= 0.3 is 169 Å². The zero-order valence-corrected chi connectivity index (χ0v) is 21.7. The standard InChI is InChI=1S/C19H35O2Si.3CH3.Pt/c1-5-8-9-10-11-16-19(17-18-14-12-13-15-18)22(4,20-6-2)21-7-3;;;;/h12,14,19H,5-11,13,16-17H2,1-4H3;3*1H3;. The van der Waals surface area contributed by atoms with Crippen LogP contribution in [0.25, 0.3) is 0 Å². The Morgan fingerprint density at radius 3 is 2.15 bits per heavy atom. The summed E-state index contributed by atoms with van der Waals surface area (Å²) in [5.74, 6) is 0. The first kappa shape index (κ1) is 24.3. The molecule has 2 nitrogen and oxygen atoms in total. The topological polar surface area (TPSA) is 18.5 Å². The van der Waals surface area contributed by atoms with Crippen LogP contribution in [0, 0.1) is 0 Å². The molecule has 0 aromatic rings. The summed E-state index contributed by atoms with van der Waals surface area (Å²) < 4.78 is 14.4. The minimum atomic E-state index is -2.15. The van der Waals surface area contributed by atoms with E-state index in [0.29, 0.717) is 5.54 Å². The van der Waals surface area contributed by atoms with E-state index in [1.54, 1.807) is 9.54 Å². The fourth-order valence-electron chi connectivity index (χ4n) is 3.84. The first-order valence-corrected chi connectivity index (χ1v) is 20.7. The van der Waals surface area contributed by atoms with Gasteiger partial charge in [0.1, 0.15) is 0 Å². The maximum atomic E-state index is 6.33. The molecule has 0 spiro atoms. The van der Waals surface area contributed by atoms with E-state index >= 15 is 0 Å². The van der Waals surface area contributed by atoms with Crippen LogP contribution in [0.3, 0.4) is 0 Å². The maximum absolute atomic E-state index is 6.33. The number of hydrogen-bond donors (Lipinski definition) is 0. The Morgan fingerprint density at radius 2 is 1.62 bits per heavy atom. The van der Waals surface area contributed by atoms with E-state index in [1.807, 2.05) is 0 Å². The average Bonchev–Trinajstić information content (AvgIpc) is 3.02. The second-order valence-electron chi connectivity index (χ2n) is 7.91. The zero-order valence-electron chi connectivity index (χ0n) is 18.4. The summed E-state index contributed by atoms with van der Waals surface area (Å²) >= 11 is -1.70. The molecule has 0 aliphatic heterocycles. The second-order valence-corrected chi connectivity index (χ2v) is 22.9. The van der Waals surface area contributed by atoms with Crippen LogP contribution in [-0.2, 0) is 24.9 Å². The molecule has 158 valence electrons. The van der Waals surface area contributed by atoms with Crippen molar-refractivity contribution in [3.05, 3.63) is 21.7 Å². The summed E-state index contributed by atoms with van der Waals surface area (Å²) in [5.41, 5.74) is 2.20. The van der Waals surface area contributed by atoms with E-state index in [2.05, 4.69) is 55.4 Å². The molecule has 1 unspecified atom stereocenters. The molecular formula is C22H44O2PtSi. The molecule has 1 aliphatic rings. The fraction of sp³-hybridized carbons (Fsp3) is 0.818. The Bertz CT molecular complexity index is 459. The summed E-state index contributed by atoms with van der Waals surface area (Å²) in [6.45, 7) is 10.4. The third kappa shape index (κ3) is 7.74. The third-order valence-corrected chi connectivity index (χ3v) is 14.2. The van der Waals surface area contributed by atoms with Crippen molar-refractivity contribution >= 4 is 8.56 Å². The van der Waals surface area contributed by atoms with Crippen LogP contribution in [0.5, 0.6) is 0 Å². The summed E-state index contributed by atoms with van der Waals surface area (Å²) in [6, 6.07) is 0. The Kier molecular flexibility index (Phi) is 11.2. The van der Waals surface area contributed by atoms with Gasteiger partial charge in [-0.1, -0.05) is 0 Å². The predicted octanol–water partition coefficient (Wildman–Crippen LogP) is 7.76. The van der Waals surface area contributed by atoms with E-state index in [9.17, 15) is 0 Å². The molecule has 0 saturated heterocycles. The molecule has 0 heterocycles. The number of allylic oxidation sites excluding steroid dienone is 4. The van der Waals surface area contributed by atoms with Crippen molar-refractivity contribution in [1.82, 2.24) is 0 Å². The van der Waals surface area contributed by atoms with E-state index in [0.717, 1.165) is 13.2 Å². The Labute approximate surface area is 168 Å². The van der Waals surface area contributed by atoms with E-state index < -0.39 is 24.6 Å². The molecule has 0 aromatic carbocycles. The van der Waals surface area contributed by atoms with Crippen molar-refractivity contribution in [2.24, 2.45) is 0 Å². The average molecular weight is 564 g/mol. The van der Waals surface area contributed by atoms with E-state index in [1.165, 1.54) is 51.4 Å². The van der Waals surface area contributed by atoms with Crippen molar-refractivity contribution in [1.29, 1.82) is 0 Å². The van der Waals surface area contributed by atoms with Gasteiger partial charge in [-0.2, -0.15) is 0 Å². The molecule has 0 fully saturated rings. The summed E-state index contributed by atoms with van der Waals surface area (Å²) in [6.07, 6.45) is 15.1. The number of hydrogen-bond acceptors (Lipinski definition) is 2. The number of rotatable bonds is 14.